The van der Waals surface area contributed by atoms with Gasteiger partial charge in [-0.3, -0.25) is 0 Å². The Morgan fingerprint density at radius 3 is 2.57 bits per heavy atom. The van der Waals surface area contributed by atoms with E-state index in [4.69, 9.17) is 0 Å². The van der Waals surface area contributed by atoms with Crippen LogP contribution in [0.25, 0.3) is 0 Å². The predicted octanol–water partition coefficient (Wildman–Crippen LogP) is 3.72. The van der Waals surface area contributed by atoms with Crippen LogP contribution in [-0.2, 0) is 13.1 Å². The summed E-state index contributed by atoms with van der Waals surface area (Å²) in [5.41, 5.74) is 2.68. The van der Waals surface area contributed by atoms with E-state index >= 15 is 0 Å². The minimum Gasteiger partial charge on any atom is -0.366 e. The molecule has 0 spiro atoms. The molecule has 0 aliphatic heterocycles. The van der Waals surface area contributed by atoms with Crippen LogP contribution >= 0.6 is 0 Å². The van der Waals surface area contributed by atoms with Crippen molar-refractivity contribution in [2.45, 2.75) is 39.8 Å². The molecule has 2 aromatic rings. The number of aryl methyl sites for hydroxylation is 1. The van der Waals surface area contributed by atoms with Gasteiger partial charge < -0.3 is 10.2 Å². The predicted molar refractivity (Wildman–Crippen MR) is 92.0 cm³/mol. The lowest BCUT2D eigenvalue weighted by atomic mass is 10.1. The summed E-state index contributed by atoms with van der Waals surface area (Å²) in [6.07, 6.45) is 0. The fourth-order valence-corrected chi connectivity index (χ4v) is 2.33. The van der Waals surface area contributed by atoms with Crippen LogP contribution in [0.5, 0.6) is 0 Å². The molecule has 0 atom stereocenters. The molecular weight excluding hydrogens is 291 g/mol. The number of benzene rings is 1. The van der Waals surface area contributed by atoms with Gasteiger partial charge in [0.25, 0.3) is 0 Å². The summed E-state index contributed by atoms with van der Waals surface area (Å²) >= 11 is 0. The highest BCUT2D eigenvalue weighted by Gasteiger charge is 2.08. The highest BCUT2D eigenvalue weighted by molar-refractivity contribution is 5.38. The van der Waals surface area contributed by atoms with Crippen LogP contribution in [0, 0.1) is 12.7 Å². The van der Waals surface area contributed by atoms with Gasteiger partial charge in [0.05, 0.1) is 0 Å². The Morgan fingerprint density at radius 2 is 1.91 bits per heavy atom. The molecule has 4 nitrogen and oxygen atoms in total. The van der Waals surface area contributed by atoms with Gasteiger partial charge >= 0.3 is 0 Å². The van der Waals surface area contributed by atoms with E-state index in [9.17, 15) is 4.39 Å². The van der Waals surface area contributed by atoms with Crippen LogP contribution in [0.15, 0.2) is 24.3 Å². The van der Waals surface area contributed by atoms with E-state index in [1.54, 1.807) is 6.07 Å². The molecule has 2 rings (SSSR count). The molecule has 23 heavy (non-hydrogen) atoms. The largest absolute Gasteiger partial charge is 0.366 e. The summed E-state index contributed by atoms with van der Waals surface area (Å²) in [6, 6.07) is 7.16. The number of aromatic nitrogens is 2. The van der Waals surface area contributed by atoms with E-state index in [0.717, 1.165) is 22.9 Å². The van der Waals surface area contributed by atoms with Crippen molar-refractivity contribution < 1.29 is 4.39 Å². The summed E-state index contributed by atoms with van der Waals surface area (Å²) in [4.78, 5) is 10.9. The van der Waals surface area contributed by atoms with Crippen molar-refractivity contribution in [3.8, 4) is 0 Å². The van der Waals surface area contributed by atoms with Crippen molar-refractivity contribution in [3.05, 3.63) is 52.7 Å². The topological polar surface area (TPSA) is 41.0 Å². The minimum absolute atomic E-state index is 0.164. The number of nitrogens with one attached hydrogen (secondary N) is 1. The van der Waals surface area contributed by atoms with Gasteiger partial charge in [-0.2, -0.15) is 0 Å². The summed E-state index contributed by atoms with van der Waals surface area (Å²) in [6.45, 7) is 7.31. The summed E-state index contributed by atoms with van der Waals surface area (Å²) < 4.78 is 13.8. The van der Waals surface area contributed by atoms with Crippen molar-refractivity contribution >= 4 is 5.82 Å². The van der Waals surface area contributed by atoms with Gasteiger partial charge in [-0.05, 0) is 38.7 Å². The second-order valence-corrected chi connectivity index (χ2v) is 6.42. The average Bonchev–Trinajstić information content (AvgIpc) is 2.47. The van der Waals surface area contributed by atoms with E-state index in [2.05, 4.69) is 29.1 Å². The zero-order valence-electron chi connectivity index (χ0n) is 14.5. The molecule has 0 aliphatic rings. The monoisotopic (exact) mass is 316 g/mol. The normalized spacial score (nSPS) is 11.3. The third-order valence-corrected chi connectivity index (χ3v) is 3.46. The highest BCUT2D eigenvalue weighted by Crippen LogP contribution is 2.16. The summed E-state index contributed by atoms with van der Waals surface area (Å²) in [5, 5.41) is 3.31. The number of rotatable bonds is 6. The van der Waals surface area contributed by atoms with Crippen molar-refractivity contribution in [2.75, 3.05) is 19.4 Å². The Morgan fingerprint density at radius 1 is 1.17 bits per heavy atom. The summed E-state index contributed by atoms with van der Waals surface area (Å²) in [5.74, 6) is 1.76. The number of nitrogens with zero attached hydrogens (tertiary/aromatic N) is 3. The van der Waals surface area contributed by atoms with Gasteiger partial charge in [0.2, 0.25) is 0 Å². The molecule has 0 saturated heterocycles. The molecule has 5 heteroatoms. The molecule has 1 N–H and O–H groups in total. The van der Waals surface area contributed by atoms with Crippen molar-refractivity contribution in [3.63, 3.8) is 0 Å². The first-order chi connectivity index (χ1) is 10.8. The second-order valence-electron chi connectivity index (χ2n) is 6.42. The first-order valence-electron chi connectivity index (χ1n) is 7.86. The first kappa shape index (κ1) is 17.3. The zero-order valence-corrected chi connectivity index (χ0v) is 14.5. The molecule has 0 bridgehead atoms. The number of hydrogen-bond donors (Lipinski definition) is 1. The fraction of sp³-hybridized carbons (Fsp3) is 0.444. The van der Waals surface area contributed by atoms with E-state index < -0.39 is 0 Å². The molecule has 0 aliphatic carbocycles. The smallest absolute Gasteiger partial charge is 0.133 e. The molecular formula is C18H25FN4. The maximum atomic E-state index is 13.8. The number of hydrogen-bond acceptors (Lipinski definition) is 4. The highest BCUT2D eigenvalue weighted by atomic mass is 19.1. The lowest BCUT2D eigenvalue weighted by Gasteiger charge is -2.13. The zero-order chi connectivity index (χ0) is 17.0. The minimum atomic E-state index is -0.164. The van der Waals surface area contributed by atoms with Crippen molar-refractivity contribution in [1.82, 2.24) is 14.9 Å². The van der Waals surface area contributed by atoms with Gasteiger partial charge in [-0.25, -0.2) is 14.4 Å². The van der Waals surface area contributed by atoms with Gasteiger partial charge in [-0.1, -0.05) is 19.9 Å². The van der Waals surface area contributed by atoms with Gasteiger partial charge in [0.1, 0.15) is 17.5 Å². The third kappa shape index (κ3) is 4.99. The van der Waals surface area contributed by atoms with Crippen molar-refractivity contribution in [2.24, 2.45) is 0 Å². The van der Waals surface area contributed by atoms with Crippen LogP contribution in [0.3, 0.4) is 0 Å². The molecule has 1 heterocycles. The van der Waals surface area contributed by atoms with Gasteiger partial charge in [0.15, 0.2) is 0 Å². The fourth-order valence-electron chi connectivity index (χ4n) is 2.33. The van der Waals surface area contributed by atoms with Crippen LogP contribution in [0.1, 0.15) is 42.4 Å². The Labute approximate surface area is 137 Å². The average molecular weight is 316 g/mol. The van der Waals surface area contributed by atoms with Crippen molar-refractivity contribution in [1.29, 1.82) is 0 Å². The summed E-state index contributed by atoms with van der Waals surface area (Å²) in [7, 11) is 3.86. The standard InChI is InChI=1S/C18H25FN4/c1-12(2)18-21-13(3)8-17(22-18)20-10-14-6-7-16(19)15(9-14)11-23(4)5/h6-9,12H,10-11H2,1-5H3,(H,20,21,22). The maximum Gasteiger partial charge on any atom is 0.133 e. The second kappa shape index (κ2) is 7.51. The van der Waals surface area contributed by atoms with E-state index in [-0.39, 0.29) is 11.7 Å². The molecule has 1 aromatic carbocycles. The third-order valence-electron chi connectivity index (χ3n) is 3.46. The number of anilines is 1. The van der Waals surface area contributed by atoms with E-state index in [1.807, 2.05) is 38.1 Å². The lowest BCUT2D eigenvalue weighted by molar-refractivity contribution is 0.392. The maximum absolute atomic E-state index is 13.8. The molecule has 0 fully saturated rings. The Hall–Kier alpha value is -2.01. The quantitative estimate of drug-likeness (QED) is 0.882. The van der Waals surface area contributed by atoms with Crippen LogP contribution in [0.2, 0.25) is 0 Å². The molecule has 0 radical (unpaired) electrons. The Kier molecular flexibility index (Phi) is 5.66. The van der Waals surface area contributed by atoms with E-state index in [0.29, 0.717) is 18.7 Å². The van der Waals surface area contributed by atoms with E-state index in [1.165, 1.54) is 6.07 Å². The molecule has 0 unspecified atom stereocenters. The Bertz CT molecular complexity index is 668. The van der Waals surface area contributed by atoms with Crippen LogP contribution < -0.4 is 5.32 Å². The van der Waals surface area contributed by atoms with Crippen LogP contribution in [-0.4, -0.2) is 29.0 Å². The Balaban J connectivity index is 2.12. The molecule has 1 aromatic heterocycles. The van der Waals surface area contributed by atoms with Crippen LogP contribution in [0.4, 0.5) is 10.2 Å². The van der Waals surface area contributed by atoms with Gasteiger partial charge in [-0.15, -0.1) is 0 Å². The molecule has 0 saturated carbocycles. The van der Waals surface area contributed by atoms with Gasteiger partial charge in [0, 0.05) is 36.3 Å². The first-order valence-corrected chi connectivity index (χ1v) is 7.86. The molecule has 124 valence electrons. The number of halogens is 1. The molecule has 0 amide bonds. The lowest BCUT2D eigenvalue weighted by Crippen LogP contribution is -2.13. The SMILES string of the molecule is Cc1cc(NCc2ccc(F)c(CN(C)C)c2)nc(C(C)C)n1.